The molecule has 0 aromatic heterocycles. The van der Waals surface area contributed by atoms with Crippen molar-refractivity contribution in [1.29, 1.82) is 0 Å². The second kappa shape index (κ2) is 9.46. The van der Waals surface area contributed by atoms with E-state index in [1.165, 1.54) is 6.92 Å². The Hall–Kier alpha value is -2.24. The smallest absolute Gasteiger partial charge is 0.306 e. The number of esters is 1. The zero-order chi connectivity index (χ0) is 19.1. The number of carbonyl (C=O) groups excluding carboxylic acids is 2. The summed E-state index contributed by atoms with van der Waals surface area (Å²) in [6.07, 6.45) is -0.397. The standard InChI is InChI=1S/C19H19Cl2NO4/c1-12(19(24)22-18-14(20)7-5-8-15(18)21)26-17(23)11-10-13-6-3-4-9-16(13)25-2/h3-9,12H,10-11H2,1-2H3,(H,22,24)/t12-/m1/s1. The van der Waals surface area contributed by atoms with Crippen LogP contribution in [0.1, 0.15) is 18.9 Å². The predicted octanol–water partition coefficient (Wildman–Crippen LogP) is 4.51. The Morgan fingerprint density at radius 1 is 1.08 bits per heavy atom. The third-order valence-electron chi connectivity index (χ3n) is 3.68. The van der Waals surface area contributed by atoms with Crippen LogP contribution in [0.2, 0.25) is 10.0 Å². The van der Waals surface area contributed by atoms with Crippen molar-refractivity contribution in [2.75, 3.05) is 12.4 Å². The largest absolute Gasteiger partial charge is 0.496 e. The summed E-state index contributed by atoms with van der Waals surface area (Å²) >= 11 is 12.0. The van der Waals surface area contributed by atoms with E-state index < -0.39 is 18.0 Å². The molecule has 26 heavy (non-hydrogen) atoms. The molecule has 0 saturated carbocycles. The van der Waals surface area contributed by atoms with Crippen molar-refractivity contribution < 1.29 is 19.1 Å². The number of amides is 1. The summed E-state index contributed by atoms with van der Waals surface area (Å²) < 4.78 is 10.4. The van der Waals surface area contributed by atoms with Gasteiger partial charge in [0.2, 0.25) is 0 Å². The van der Waals surface area contributed by atoms with Gasteiger partial charge >= 0.3 is 5.97 Å². The molecule has 2 aromatic rings. The Kier molecular flexibility index (Phi) is 7.30. The summed E-state index contributed by atoms with van der Waals surface area (Å²) in [4.78, 5) is 24.2. The molecule has 138 valence electrons. The summed E-state index contributed by atoms with van der Waals surface area (Å²) in [7, 11) is 1.57. The molecule has 0 heterocycles. The van der Waals surface area contributed by atoms with Crippen LogP contribution in [0, 0.1) is 0 Å². The van der Waals surface area contributed by atoms with Crippen LogP contribution in [-0.2, 0) is 20.7 Å². The Morgan fingerprint density at radius 3 is 2.38 bits per heavy atom. The summed E-state index contributed by atoms with van der Waals surface area (Å²) in [6, 6.07) is 12.3. The Labute approximate surface area is 162 Å². The maximum Gasteiger partial charge on any atom is 0.306 e. The molecule has 0 radical (unpaired) electrons. The Morgan fingerprint density at radius 2 is 1.73 bits per heavy atom. The normalized spacial score (nSPS) is 11.5. The van der Waals surface area contributed by atoms with Gasteiger partial charge in [0.1, 0.15) is 5.75 Å². The van der Waals surface area contributed by atoms with Crippen LogP contribution in [0.5, 0.6) is 5.75 Å². The molecule has 0 saturated heterocycles. The minimum Gasteiger partial charge on any atom is -0.496 e. The number of benzene rings is 2. The fourth-order valence-electron chi connectivity index (χ4n) is 2.30. The van der Waals surface area contributed by atoms with E-state index in [-0.39, 0.29) is 12.1 Å². The Bertz CT molecular complexity index is 775. The highest BCUT2D eigenvalue weighted by atomic mass is 35.5. The fraction of sp³-hybridized carbons (Fsp3) is 0.263. The monoisotopic (exact) mass is 395 g/mol. The quantitative estimate of drug-likeness (QED) is 0.700. The summed E-state index contributed by atoms with van der Waals surface area (Å²) in [5, 5.41) is 3.19. The molecule has 0 aliphatic heterocycles. The fourth-order valence-corrected chi connectivity index (χ4v) is 2.79. The van der Waals surface area contributed by atoms with Crippen molar-refractivity contribution in [3.8, 4) is 5.75 Å². The second-order valence-corrected chi connectivity index (χ2v) is 6.34. The van der Waals surface area contributed by atoms with E-state index in [0.29, 0.717) is 22.2 Å². The molecule has 0 unspecified atom stereocenters. The molecule has 5 nitrogen and oxygen atoms in total. The van der Waals surface area contributed by atoms with E-state index >= 15 is 0 Å². The lowest BCUT2D eigenvalue weighted by atomic mass is 10.1. The molecule has 1 atom stereocenters. The average Bonchev–Trinajstić information content (AvgIpc) is 2.63. The molecule has 0 aliphatic carbocycles. The minimum absolute atomic E-state index is 0.130. The van der Waals surface area contributed by atoms with E-state index in [0.717, 1.165) is 5.56 Å². The van der Waals surface area contributed by atoms with E-state index in [1.807, 2.05) is 24.3 Å². The van der Waals surface area contributed by atoms with Gasteiger partial charge in [0.15, 0.2) is 6.10 Å². The zero-order valence-electron chi connectivity index (χ0n) is 14.4. The van der Waals surface area contributed by atoms with Gasteiger partial charge in [-0.15, -0.1) is 0 Å². The molecule has 2 rings (SSSR count). The van der Waals surface area contributed by atoms with Gasteiger partial charge in [-0.3, -0.25) is 9.59 Å². The molecular formula is C19H19Cl2NO4. The molecule has 0 bridgehead atoms. The van der Waals surface area contributed by atoms with Crippen LogP contribution in [0.15, 0.2) is 42.5 Å². The number of carbonyl (C=O) groups is 2. The first-order valence-electron chi connectivity index (χ1n) is 7.98. The van der Waals surface area contributed by atoms with Crippen LogP contribution in [0.3, 0.4) is 0 Å². The summed E-state index contributed by atoms with van der Waals surface area (Å²) in [5.74, 6) is -0.283. The van der Waals surface area contributed by atoms with Crippen molar-refractivity contribution in [2.24, 2.45) is 0 Å². The highest BCUT2D eigenvalue weighted by Gasteiger charge is 2.20. The molecule has 0 fully saturated rings. The van der Waals surface area contributed by atoms with Crippen LogP contribution in [0.4, 0.5) is 5.69 Å². The predicted molar refractivity (Wildman–Crippen MR) is 102 cm³/mol. The van der Waals surface area contributed by atoms with Crippen molar-refractivity contribution in [3.63, 3.8) is 0 Å². The molecule has 1 amide bonds. The van der Waals surface area contributed by atoms with Crippen molar-refractivity contribution in [3.05, 3.63) is 58.1 Å². The average molecular weight is 396 g/mol. The van der Waals surface area contributed by atoms with E-state index in [9.17, 15) is 9.59 Å². The van der Waals surface area contributed by atoms with Gasteiger partial charge in [-0.2, -0.15) is 0 Å². The summed E-state index contributed by atoms with van der Waals surface area (Å²) in [6.45, 7) is 1.49. The number of methoxy groups -OCH3 is 1. The van der Waals surface area contributed by atoms with Gasteiger partial charge in [0, 0.05) is 6.42 Å². The third kappa shape index (κ3) is 5.38. The van der Waals surface area contributed by atoms with Gasteiger partial charge in [0.25, 0.3) is 5.91 Å². The first kappa shape index (κ1) is 20.1. The first-order valence-corrected chi connectivity index (χ1v) is 8.74. The molecule has 2 aromatic carbocycles. The highest BCUT2D eigenvalue weighted by molar-refractivity contribution is 6.39. The molecule has 0 aliphatic rings. The van der Waals surface area contributed by atoms with Crippen molar-refractivity contribution in [2.45, 2.75) is 25.9 Å². The molecule has 0 spiro atoms. The number of halogens is 2. The second-order valence-electron chi connectivity index (χ2n) is 5.53. The van der Waals surface area contributed by atoms with Crippen LogP contribution in [-0.4, -0.2) is 25.1 Å². The minimum atomic E-state index is -0.979. The number of nitrogens with one attached hydrogen (secondary N) is 1. The first-order chi connectivity index (χ1) is 12.4. The Balaban J connectivity index is 1.89. The van der Waals surface area contributed by atoms with Crippen molar-refractivity contribution in [1.82, 2.24) is 0 Å². The summed E-state index contributed by atoms with van der Waals surface area (Å²) in [5.41, 5.74) is 1.18. The van der Waals surface area contributed by atoms with E-state index in [2.05, 4.69) is 5.32 Å². The van der Waals surface area contributed by atoms with Gasteiger partial charge in [-0.1, -0.05) is 47.5 Å². The number of anilines is 1. The SMILES string of the molecule is COc1ccccc1CCC(=O)O[C@H](C)C(=O)Nc1c(Cl)cccc1Cl. The van der Waals surface area contributed by atoms with Crippen molar-refractivity contribution >= 4 is 40.8 Å². The zero-order valence-corrected chi connectivity index (χ0v) is 15.9. The van der Waals surface area contributed by atoms with Crippen LogP contribution < -0.4 is 10.1 Å². The molecule has 1 N–H and O–H groups in total. The maximum absolute atomic E-state index is 12.2. The lowest BCUT2D eigenvalue weighted by Crippen LogP contribution is -2.30. The van der Waals surface area contributed by atoms with Crippen LogP contribution in [0.25, 0.3) is 0 Å². The van der Waals surface area contributed by atoms with Gasteiger partial charge in [-0.05, 0) is 37.1 Å². The van der Waals surface area contributed by atoms with E-state index in [1.54, 1.807) is 25.3 Å². The lowest BCUT2D eigenvalue weighted by Gasteiger charge is -2.15. The van der Waals surface area contributed by atoms with Gasteiger partial charge in [-0.25, -0.2) is 0 Å². The number of aryl methyl sites for hydroxylation is 1. The number of hydrogen-bond acceptors (Lipinski definition) is 4. The number of para-hydroxylation sites is 2. The van der Waals surface area contributed by atoms with Crippen LogP contribution >= 0.6 is 23.2 Å². The van der Waals surface area contributed by atoms with Gasteiger partial charge < -0.3 is 14.8 Å². The number of ether oxygens (including phenoxy) is 2. The lowest BCUT2D eigenvalue weighted by molar-refractivity contribution is -0.153. The maximum atomic E-state index is 12.2. The molecule has 7 heteroatoms. The topological polar surface area (TPSA) is 64.6 Å². The van der Waals surface area contributed by atoms with E-state index in [4.69, 9.17) is 32.7 Å². The highest BCUT2D eigenvalue weighted by Crippen LogP contribution is 2.30. The molecular weight excluding hydrogens is 377 g/mol. The third-order valence-corrected chi connectivity index (χ3v) is 4.31. The number of hydrogen-bond donors (Lipinski definition) is 1. The number of rotatable bonds is 7. The van der Waals surface area contributed by atoms with Gasteiger partial charge in [0.05, 0.1) is 22.8 Å².